The number of hydrogen-bond acceptors (Lipinski definition) is 4. The van der Waals surface area contributed by atoms with Crippen LogP contribution in [0.5, 0.6) is 0 Å². The van der Waals surface area contributed by atoms with E-state index in [0.29, 0.717) is 11.8 Å². The molecule has 13 heavy (non-hydrogen) atoms. The number of rotatable bonds is 5. The fraction of sp³-hybridized carbons (Fsp3) is 0.750. The van der Waals surface area contributed by atoms with Crippen molar-refractivity contribution in [2.24, 2.45) is 5.92 Å². The Kier molecular flexibility index (Phi) is 5.06. The number of aromatic nitrogens is 2. The Labute approximate surface area is 92.3 Å². The zero-order chi connectivity index (χ0) is 9.68. The standard InChI is InChI=1S/C8H13ClN2S2/c1-3-7-10-8(13-11-7)12-5-6(2)4-9/h6H,3-5H2,1-2H3. The Bertz CT molecular complexity index is 252. The third-order valence-corrected chi connectivity index (χ3v) is 4.25. The van der Waals surface area contributed by atoms with Crippen LogP contribution in [-0.2, 0) is 6.42 Å². The molecule has 0 aliphatic carbocycles. The average molecular weight is 237 g/mol. The van der Waals surface area contributed by atoms with E-state index in [2.05, 4.69) is 23.2 Å². The van der Waals surface area contributed by atoms with Gasteiger partial charge >= 0.3 is 0 Å². The van der Waals surface area contributed by atoms with Gasteiger partial charge in [-0.05, 0) is 17.5 Å². The van der Waals surface area contributed by atoms with Gasteiger partial charge in [0.25, 0.3) is 0 Å². The van der Waals surface area contributed by atoms with Crippen LogP contribution in [0.2, 0.25) is 0 Å². The quantitative estimate of drug-likeness (QED) is 0.581. The Morgan fingerprint density at radius 1 is 1.62 bits per heavy atom. The molecule has 0 radical (unpaired) electrons. The lowest BCUT2D eigenvalue weighted by atomic mass is 10.3. The normalized spacial score (nSPS) is 13.2. The number of nitrogens with zero attached hydrogens (tertiary/aromatic N) is 2. The summed E-state index contributed by atoms with van der Waals surface area (Å²) >= 11 is 8.94. The second-order valence-electron chi connectivity index (χ2n) is 2.90. The van der Waals surface area contributed by atoms with Crippen molar-refractivity contribution in [3.8, 4) is 0 Å². The van der Waals surface area contributed by atoms with E-state index in [-0.39, 0.29) is 0 Å². The zero-order valence-corrected chi connectivity index (χ0v) is 10.2. The van der Waals surface area contributed by atoms with Crippen molar-refractivity contribution >= 4 is 34.9 Å². The predicted molar refractivity (Wildman–Crippen MR) is 59.9 cm³/mol. The maximum absolute atomic E-state index is 5.70. The van der Waals surface area contributed by atoms with E-state index in [4.69, 9.17) is 11.6 Å². The minimum atomic E-state index is 0.542. The van der Waals surface area contributed by atoms with Crippen molar-refractivity contribution in [2.45, 2.75) is 24.6 Å². The minimum absolute atomic E-state index is 0.542. The van der Waals surface area contributed by atoms with E-state index in [1.54, 1.807) is 11.8 Å². The lowest BCUT2D eigenvalue weighted by Crippen LogP contribution is -1.98. The van der Waals surface area contributed by atoms with Crippen LogP contribution in [0.15, 0.2) is 4.34 Å². The molecule has 0 bridgehead atoms. The van der Waals surface area contributed by atoms with Gasteiger partial charge in [-0.3, -0.25) is 0 Å². The van der Waals surface area contributed by atoms with Crippen LogP contribution in [0, 0.1) is 5.92 Å². The van der Waals surface area contributed by atoms with Gasteiger partial charge in [0.15, 0.2) is 4.34 Å². The van der Waals surface area contributed by atoms with E-state index in [9.17, 15) is 0 Å². The van der Waals surface area contributed by atoms with Crippen LogP contribution in [-0.4, -0.2) is 21.0 Å². The molecule has 0 fully saturated rings. The summed E-state index contributed by atoms with van der Waals surface area (Å²) in [7, 11) is 0. The predicted octanol–water partition coefficient (Wildman–Crippen LogP) is 3.07. The number of halogens is 1. The summed E-state index contributed by atoms with van der Waals surface area (Å²) in [6, 6.07) is 0. The van der Waals surface area contributed by atoms with Crippen LogP contribution in [0.4, 0.5) is 0 Å². The molecule has 0 spiro atoms. The van der Waals surface area contributed by atoms with Crippen molar-refractivity contribution in [3.63, 3.8) is 0 Å². The van der Waals surface area contributed by atoms with Crippen LogP contribution in [0.1, 0.15) is 19.7 Å². The number of hydrogen-bond donors (Lipinski definition) is 0. The fourth-order valence-corrected chi connectivity index (χ4v) is 2.68. The largest absolute Gasteiger partial charge is 0.213 e. The molecule has 1 aromatic heterocycles. The molecule has 5 heteroatoms. The van der Waals surface area contributed by atoms with Gasteiger partial charge in [0.05, 0.1) is 0 Å². The number of alkyl halides is 1. The summed E-state index contributed by atoms with van der Waals surface area (Å²) < 4.78 is 5.28. The summed E-state index contributed by atoms with van der Waals surface area (Å²) in [6.07, 6.45) is 0.919. The van der Waals surface area contributed by atoms with Crippen LogP contribution >= 0.6 is 34.9 Å². The third-order valence-electron chi connectivity index (χ3n) is 1.52. The molecule has 2 nitrogen and oxygen atoms in total. The minimum Gasteiger partial charge on any atom is -0.213 e. The highest BCUT2D eigenvalue weighted by Crippen LogP contribution is 2.22. The van der Waals surface area contributed by atoms with Crippen LogP contribution in [0.3, 0.4) is 0 Å². The maximum Gasteiger partial charge on any atom is 0.170 e. The molecule has 0 aliphatic heterocycles. The first kappa shape index (κ1) is 11.3. The van der Waals surface area contributed by atoms with Gasteiger partial charge in [-0.1, -0.05) is 25.6 Å². The van der Waals surface area contributed by atoms with E-state index in [1.165, 1.54) is 11.5 Å². The van der Waals surface area contributed by atoms with Gasteiger partial charge in [-0.15, -0.1) is 11.6 Å². The fourth-order valence-electron chi connectivity index (χ4n) is 0.698. The molecule has 1 atom stereocenters. The highest BCUT2D eigenvalue weighted by atomic mass is 35.5. The molecule has 1 aromatic rings. The molecule has 0 N–H and O–H groups in total. The van der Waals surface area contributed by atoms with Gasteiger partial charge in [0, 0.05) is 18.1 Å². The molecular weight excluding hydrogens is 224 g/mol. The molecule has 0 saturated carbocycles. The summed E-state index contributed by atoms with van der Waals surface area (Å²) in [6.45, 7) is 4.21. The van der Waals surface area contributed by atoms with E-state index >= 15 is 0 Å². The smallest absolute Gasteiger partial charge is 0.170 e. The second kappa shape index (κ2) is 5.83. The first-order valence-corrected chi connectivity index (χ1v) is 6.57. The molecular formula is C8H13ClN2S2. The summed E-state index contributed by atoms with van der Waals surface area (Å²) in [5, 5.41) is 0. The number of aryl methyl sites for hydroxylation is 1. The molecule has 0 saturated heterocycles. The van der Waals surface area contributed by atoms with Crippen molar-refractivity contribution in [3.05, 3.63) is 5.82 Å². The molecule has 74 valence electrons. The molecule has 1 heterocycles. The Balaban J connectivity index is 2.36. The van der Waals surface area contributed by atoms with Crippen LogP contribution in [0.25, 0.3) is 0 Å². The molecule has 1 unspecified atom stereocenters. The molecule has 0 aromatic carbocycles. The van der Waals surface area contributed by atoms with E-state index in [0.717, 1.165) is 22.3 Å². The highest BCUT2D eigenvalue weighted by Gasteiger charge is 2.05. The lowest BCUT2D eigenvalue weighted by Gasteiger charge is -2.02. The van der Waals surface area contributed by atoms with Crippen LogP contribution < -0.4 is 0 Å². The zero-order valence-electron chi connectivity index (χ0n) is 7.79. The van der Waals surface area contributed by atoms with Gasteiger partial charge in [0.2, 0.25) is 0 Å². The molecule has 0 aliphatic rings. The maximum atomic E-state index is 5.70. The van der Waals surface area contributed by atoms with Crippen molar-refractivity contribution in [1.29, 1.82) is 0 Å². The monoisotopic (exact) mass is 236 g/mol. The Morgan fingerprint density at radius 3 is 2.92 bits per heavy atom. The van der Waals surface area contributed by atoms with Gasteiger partial charge in [-0.25, -0.2) is 4.98 Å². The molecule has 1 rings (SSSR count). The van der Waals surface area contributed by atoms with E-state index in [1.807, 2.05) is 0 Å². The summed E-state index contributed by atoms with van der Waals surface area (Å²) in [5.74, 6) is 3.24. The van der Waals surface area contributed by atoms with Gasteiger partial charge in [-0.2, -0.15) is 4.37 Å². The van der Waals surface area contributed by atoms with Crippen molar-refractivity contribution in [2.75, 3.05) is 11.6 Å². The Hall–Kier alpha value is 0.200. The lowest BCUT2D eigenvalue weighted by molar-refractivity contribution is 0.758. The van der Waals surface area contributed by atoms with E-state index < -0.39 is 0 Å². The first-order chi connectivity index (χ1) is 6.26. The SMILES string of the molecule is CCc1nsc(SCC(C)CCl)n1. The summed E-state index contributed by atoms with van der Waals surface area (Å²) in [4.78, 5) is 4.36. The van der Waals surface area contributed by atoms with Gasteiger partial charge in [0.1, 0.15) is 5.82 Å². The van der Waals surface area contributed by atoms with Crippen molar-refractivity contribution in [1.82, 2.24) is 9.36 Å². The summed E-state index contributed by atoms with van der Waals surface area (Å²) in [5.41, 5.74) is 0. The molecule has 0 amide bonds. The third kappa shape index (κ3) is 3.83. The average Bonchev–Trinajstić information content (AvgIpc) is 2.61. The topological polar surface area (TPSA) is 25.8 Å². The second-order valence-corrected chi connectivity index (χ2v) is 5.23. The highest BCUT2D eigenvalue weighted by molar-refractivity contribution is 8.00. The van der Waals surface area contributed by atoms with Crippen molar-refractivity contribution < 1.29 is 0 Å². The van der Waals surface area contributed by atoms with Gasteiger partial charge < -0.3 is 0 Å². The Morgan fingerprint density at radius 2 is 2.38 bits per heavy atom. The number of thioether (sulfide) groups is 1. The first-order valence-electron chi connectivity index (χ1n) is 4.27.